The number of anilines is 3. The minimum Gasteiger partial charge on any atom is -0.456 e. The molecule has 0 bridgehead atoms. The second-order valence-corrected chi connectivity index (χ2v) is 13.2. The average Bonchev–Trinajstić information content (AvgIpc) is 3.82. The second kappa shape index (κ2) is 12.9. The molecule has 0 fully saturated rings. The van der Waals surface area contributed by atoms with Gasteiger partial charge in [0.15, 0.2) is 5.58 Å². The number of fused-ring (bicyclic) bond motifs is 4. The highest BCUT2D eigenvalue weighted by Crippen LogP contribution is 2.42. The van der Waals surface area contributed by atoms with Crippen molar-refractivity contribution in [1.29, 1.82) is 0 Å². The van der Waals surface area contributed by atoms with Gasteiger partial charge in [0, 0.05) is 39.5 Å². The molecular weight excluding hydrogens is 649 g/mol. The van der Waals surface area contributed by atoms with E-state index in [1.807, 2.05) is 42.5 Å². The lowest BCUT2D eigenvalue weighted by Gasteiger charge is -2.26. The minimum absolute atomic E-state index is 0.600. The monoisotopic (exact) mass is 680 g/mol. The van der Waals surface area contributed by atoms with Crippen LogP contribution in [0.2, 0.25) is 0 Å². The smallest absolute Gasteiger partial charge is 0.227 e. The molecule has 4 heteroatoms. The molecule has 0 saturated heterocycles. The van der Waals surface area contributed by atoms with E-state index in [1.54, 1.807) is 0 Å². The highest BCUT2D eigenvalue weighted by atomic mass is 16.4. The lowest BCUT2D eigenvalue weighted by molar-refractivity contribution is 0.620. The van der Waals surface area contributed by atoms with Crippen LogP contribution in [0.1, 0.15) is 0 Å². The Kier molecular flexibility index (Phi) is 7.43. The van der Waals surface area contributed by atoms with Gasteiger partial charge in [-0.2, -0.15) is 0 Å². The molecule has 0 aliphatic carbocycles. The summed E-state index contributed by atoms with van der Waals surface area (Å²) in [4.78, 5) is 7.07. The van der Waals surface area contributed by atoms with E-state index in [-0.39, 0.29) is 0 Å². The van der Waals surface area contributed by atoms with E-state index in [2.05, 4.69) is 157 Å². The van der Waals surface area contributed by atoms with Gasteiger partial charge in [-0.05, 0) is 94.0 Å². The summed E-state index contributed by atoms with van der Waals surface area (Å²) >= 11 is 0. The topological polar surface area (TPSA) is 42.4 Å². The van der Waals surface area contributed by atoms with Gasteiger partial charge in [0.1, 0.15) is 16.7 Å². The van der Waals surface area contributed by atoms with Gasteiger partial charge in [-0.15, -0.1) is 0 Å². The molecule has 10 rings (SSSR count). The molecule has 10 aromatic rings. The van der Waals surface area contributed by atoms with Crippen LogP contribution in [0.4, 0.5) is 17.1 Å². The van der Waals surface area contributed by atoms with E-state index >= 15 is 0 Å². The predicted molar refractivity (Wildman–Crippen MR) is 218 cm³/mol. The van der Waals surface area contributed by atoms with Crippen LogP contribution in [0.25, 0.3) is 77.9 Å². The first-order chi connectivity index (χ1) is 26.3. The van der Waals surface area contributed by atoms with Crippen LogP contribution in [0.15, 0.2) is 203 Å². The van der Waals surface area contributed by atoms with Crippen LogP contribution in [0.3, 0.4) is 0 Å². The molecule has 2 aromatic heterocycles. The molecule has 0 radical (unpaired) electrons. The number of rotatable bonds is 7. The largest absolute Gasteiger partial charge is 0.456 e. The summed E-state index contributed by atoms with van der Waals surface area (Å²) < 4.78 is 12.7. The van der Waals surface area contributed by atoms with Crippen LogP contribution in [-0.2, 0) is 0 Å². The summed E-state index contributed by atoms with van der Waals surface area (Å²) in [6.07, 6.45) is 0. The second-order valence-electron chi connectivity index (χ2n) is 13.2. The third-order valence-electron chi connectivity index (χ3n) is 9.93. The maximum atomic E-state index is 6.40. The van der Waals surface area contributed by atoms with E-state index in [0.717, 1.165) is 66.8 Å². The maximum Gasteiger partial charge on any atom is 0.227 e. The summed E-state index contributed by atoms with van der Waals surface area (Å²) in [6, 6.07) is 67.6. The summed E-state index contributed by atoms with van der Waals surface area (Å²) in [5, 5.41) is 2.06. The number of aromatic nitrogens is 1. The fourth-order valence-corrected chi connectivity index (χ4v) is 7.40. The molecule has 53 heavy (non-hydrogen) atoms. The zero-order valence-electron chi connectivity index (χ0n) is 28.7. The SMILES string of the molecule is c1ccc(-c2nc3cc4oc5cccc(-c6ccc(N(c7ccccc7)c7ccc(-c8ccccc8-c8ccccc8)cc7)cc6)c5c4cc3o2)cc1. The quantitative estimate of drug-likeness (QED) is 0.168. The molecule has 4 nitrogen and oxygen atoms in total. The van der Waals surface area contributed by atoms with E-state index in [9.17, 15) is 0 Å². The van der Waals surface area contributed by atoms with E-state index < -0.39 is 0 Å². The Bertz CT molecular complexity index is 2860. The van der Waals surface area contributed by atoms with Crippen molar-refractivity contribution < 1.29 is 8.83 Å². The molecule has 0 N–H and O–H groups in total. The standard InChI is InChI=1S/C49H32N2O2/c1-4-13-33(14-5-1)40-19-10-11-20-41(40)34-23-27-38(28-24-34)51(37-17-8-3-9-18-37)39-29-25-35(26-30-39)42-21-12-22-45-48(42)43-31-47-44(32-46(43)52-45)50-49(53-47)36-15-6-2-7-16-36/h1-32H. The molecule has 0 aliphatic heterocycles. The number of para-hydroxylation sites is 1. The normalized spacial score (nSPS) is 11.4. The molecule has 0 atom stereocenters. The Morgan fingerprint density at radius 2 is 0.868 bits per heavy atom. The Morgan fingerprint density at radius 1 is 0.358 bits per heavy atom. The summed E-state index contributed by atoms with van der Waals surface area (Å²) in [6.45, 7) is 0. The summed E-state index contributed by atoms with van der Waals surface area (Å²) in [7, 11) is 0. The van der Waals surface area contributed by atoms with Gasteiger partial charge >= 0.3 is 0 Å². The summed E-state index contributed by atoms with van der Waals surface area (Å²) in [5.41, 5.74) is 14.3. The van der Waals surface area contributed by atoms with Crippen molar-refractivity contribution in [3.8, 4) is 44.8 Å². The van der Waals surface area contributed by atoms with Crippen molar-refractivity contribution in [2.45, 2.75) is 0 Å². The van der Waals surface area contributed by atoms with Crippen LogP contribution < -0.4 is 4.90 Å². The number of oxazole rings is 1. The number of benzene rings is 8. The van der Waals surface area contributed by atoms with Crippen molar-refractivity contribution in [3.63, 3.8) is 0 Å². The average molecular weight is 681 g/mol. The lowest BCUT2D eigenvalue weighted by Crippen LogP contribution is -2.09. The van der Waals surface area contributed by atoms with Crippen LogP contribution in [0.5, 0.6) is 0 Å². The zero-order valence-corrected chi connectivity index (χ0v) is 28.7. The highest BCUT2D eigenvalue weighted by molar-refractivity contribution is 6.15. The van der Waals surface area contributed by atoms with Crippen molar-refractivity contribution in [1.82, 2.24) is 4.98 Å². The Labute approximate surface area is 306 Å². The van der Waals surface area contributed by atoms with E-state index in [0.29, 0.717) is 5.89 Å². The first-order valence-electron chi connectivity index (χ1n) is 17.8. The Morgan fingerprint density at radius 3 is 1.51 bits per heavy atom. The van der Waals surface area contributed by atoms with E-state index in [1.165, 1.54) is 22.3 Å². The van der Waals surface area contributed by atoms with Crippen molar-refractivity contribution in [2.75, 3.05) is 4.90 Å². The first-order valence-corrected chi connectivity index (χ1v) is 17.8. The number of hydrogen-bond donors (Lipinski definition) is 0. The number of hydrogen-bond acceptors (Lipinski definition) is 4. The molecule has 250 valence electrons. The maximum absolute atomic E-state index is 6.40. The van der Waals surface area contributed by atoms with Gasteiger partial charge < -0.3 is 13.7 Å². The molecule has 2 heterocycles. The lowest BCUT2D eigenvalue weighted by atomic mass is 9.94. The fraction of sp³-hybridized carbons (Fsp3) is 0. The Balaban J connectivity index is 1.02. The third-order valence-corrected chi connectivity index (χ3v) is 9.93. The highest BCUT2D eigenvalue weighted by Gasteiger charge is 2.18. The zero-order chi connectivity index (χ0) is 35.1. The molecule has 0 saturated carbocycles. The fourth-order valence-electron chi connectivity index (χ4n) is 7.40. The third kappa shape index (κ3) is 5.54. The first kappa shape index (κ1) is 30.6. The predicted octanol–water partition coefficient (Wildman–Crippen LogP) is 13.9. The van der Waals surface area contributed by atoms with Crippen LogP contribution >= 0.6 is 0 Å². The van der Waals surface area contributed by atoms with Crippen molar-refractivity contribution in [2.24, 2.45) is 0 Å². The van der Waals surface area contributed by atoms with Gasteiger partial charge in [0.2, 0.25) is 5.89 Å². The molecular formula is C49H32N2O2. The minimum atomic E-state index is 0.600. The van der Waals surface area contributed by atoms with Crippen molar-refractivity contribution in [3.05, 3.63) is 194 Å². The van der Waals surface area contributed by atoms with Crippen LogP contribution in [0, 0.1) is 0 Å². The summed E-state index contributed by atoms with van der Waals surface area (Å²) in [5.74, 6) is 0.600. The van der Waals surface area contributed by atoms with Crippen molar-refractivity contribution >= 4 is 50.1 Å². The van der Waals surface area contributed by atoms with Gasteiger partial charge in [0.25, 0.3) is 0 Å². The molecule has 0 amide bonds. The van der Waals surface area contributed by atoms with Gasteiger partial charge in [-0.3, -0.25) is 0 Å². The molecule has 0 aliphatic rings. The molecule has 8 aromatic carbocycles. The molecule has 0 spiro atoms. The molecule has 0 unspecified atom stereocenters. The van der Waals surface area contributed by atoms with Gasteiger partial charge in [-0.25, -0.2) is 4.98 Å². The van der Waals surface area contributed by atoms with Gasteiger partial charge in [0.05, 0.1) is 0 Å². The van der Waals surface area contributed by atoms with Gasteiger partial charge in [-0.1, -0.05) is 127 Å². The van der Waals surface area contributed by atoms with E-state index in [4.69, 9.17) is 13.8 Å². The Hall–Kier alpha value is -7.17. The van der Waals surface area contributed by atoms with Crippen LogP contribution in [-0.4, -0.2) is 4.98 Å². The number of nitrogens with zero attached hydrogens (tertiary/aromatic N) is 2. The number of furan rings is 1.